The average molecular weight is 344 g/mol. The maximum Gasteiger partial charge on any atom is 0.269 e. The van der Waals surface area contributed by atoms with Crippen molar-refractivity contribution in [2.75, 3.05) is 0 Å². The summed E-state index contributed by atoms with van der Waals surface area (Å²) >= 11 is 1.55. The number of hydrogen-bond donors (Lipinski definition) is 2. The minimum Gasteiger partial charge on any atom is -0.364 e. The number of carbonyl (C=O) groups is 1. The number of primary amides is 1. The van der Waals surface area contributed by atoms with Gasteiger partial charge in [-0.2, -0.15) is 0 Å². The van der Waals surface area contributed by atoms with Crippen molar-refractivity contribution in [1.29, 1.82) is 0 Å². The van der Waals surface area contributed by atoms with Gasteiger partial charge in [0, 0.05) is 16.3 Å². The van der Waals surface area contributed by atoms with Crippen molar-refractivity contribution in [1.82, 2.24) is 15.0 Å². The number of hydrogen-bond acceptors (Lipinski definition) is 4. The summed E-state index contributed by atoms with van der Waals surface area (Å²) in [6.45, 7) is 0. The van der Waals surface area contributed by atoms with Crippen molar-refractivity contribution in [3.63, 3.8) is 0 Å². The molecule has 5 rings (SSSR count). The highest BCUT2D eigenvalue weighted by Crippen LogP contribution is 2.34. The molecule has 0 spiro atoms. The second-order valence-corrected chi connectivity index (χ2v) is 6.83. The fourth-order valence-corrected chi connectivity index (χ4v) is 4.04. The van der Waals surface area contributed by atoms with Crippen molar-refractivity contribution in [2.24, 2.45) is 5.73 Å². The second-order valence-electron chi connectivity index (χ2n) is 5.80. The summed E-state index contributed by atoms with van der Waals surface area (Å²) in [6, 6.07) is 17.8. The van der Waals surface area contributed by atoms with E-state index in [-0.39, 0.29) is 5.69 Å². The van der Waals surface area contributed by atoms with Crippen LogP contribution in [0.4, 0.5) is 0 Å². The van der Waals surface area contributed by atoms with Crippen LogP contribution in [0.15, 0.2) is 54.6 Å². The topological polar surface area (TPSA) is 84.7 Å². The number of aromatic nitrogens is 3. The zero-order valence-electron chi connectivity index (χ0n) is 13.0. The van der Waals surface area contributed by atoms with Gasteiger partial charge in [-0.1, -0.05) is 30.3 Å². The van der Waals surface area contributed by atoms with Gasteiger partial charge in [-0.3, -0.25) is 4.79 Å². The van der Waals surface area contributed by atoms with E-state index < -0.39 is 5.91 Å². The number of nitrogens with one attached hydrogen (secondary N) is 1. The molecule has 2 aromatic carbocycles. The molecule has 0 saturated heterocycles. The fraction of sp³-hybridized carbons (Fsp3) is 0. The highest BCUT2D eigenvalue weighted by Gasteiger charge is 2.17. The average Bonchev–Trinajstić information content (AvgIpc) is 3.22. The number of pyridine rings is 1. The molecule has 5 nitrogen and oxygen atoms in total. The number of H-pyrrole nitrogens is 1. The highest BCUT2D eigenvalue weighted by molar-refractivity contribution is 7.21. The van der Waals surface area contributed by atoms with Gasteiger partial charge in [0.15, 0.2) is 5.69 Å². The summed E-state index contributed by atoms with van der Waals surface area (Å²) in [4.78, 5) is 24.4. The monoisotopic (exact) mass is 344 g/mol. The normalized spacial score (nSPS) is 11.5. The predicted molar refractivity (Wildman–Crippen MR) is 101 cm³/mol. The summed E-state index contributed by atoms with van der Waals surface area (Å²) in [5.74, 6) is -0.556. The molecule has 0 aliphatic heterocycles. The number of fused-ring (bicyclic) bond motifs is 4. The van der Waals surface area contributed by atoms with E-state index in [4.69, 9.17) is 5.73 Å². The predicted octanol–water partition coefficient (Wildman–Crippen LogP) is 4.09. The molecule has 120 valence electrons. The number of amides is 1. The first-order valence-corrected chi connectivity index (χ1v) is 8.59. The first-order chi connectivity index (χ1) is 12.2. The van der Waals surface area contributed by atoms with Gasteiger partial charge in [-0.05, 0) is 24.3 Å². The van der Waals surface area contributed by atoms with Crippen molar-refractivity contribution in [3.05, 3.63) is 60.3 Å². The van der Waals surface area contributed by atoms with Crippen LogP contribution in [0.25, 0.3) is 42.7 Å². The summed E-state index contributed by atoms with van der Waals surface area (Å²) in [7, 11) is 0. The number of benzene rings is 2. The van der Waals surface area contributed by atoms with Crippen LogP contribution < -0.4 is 5.73 Å². The van der Waals surface area contributed by atoms with Gasteiger partial charge in [0.2, 0.25) is 0 Å². The zero-order chi connectivity index (χ0) is 17.0. The Morgan fingerprint density at radius 2 is 1.80 bits per heavy atom. The van der Waals surface area contributed by atoms with Gasteiger partial charge in [0.25, 0.3) is 5.91 Å². The third-order valence-electron chi connectivity index (χ3n) is 4.24. The molecule has 0 atom stereocenters. The number of carbonyl (C=O) groups excluding carboxylic acids is 1. The van der Waals surface area contributed by atoms with E-state index in [2.05, 4.69) is 15.0 Å². The fourth-order valence-electron chi connectivity index (χ4n) is 3.12. The molecule has 0 bridgehead atoms. The zero-order valence-corrected chi connectivity index (χ0v) is 13.8. The van der Waals surface area contributed by atoms with Gasteiger partial charge in [-0.25, -0.2) is 9.97 Å². The highest BCUT2D eigenvalue weighted by atomic mass is 32.1. The Labute approximate surface area is 146 Å². The summed E-state index contributed by atoms with van der Waals surface area (Å²) in [6.07, 6.45) is 0. The van der Waals surface area contributed by atoms with E-state index in [0.717, 1.165) is 31.5 Å². The Morgan fingerprint density at radius 1 is 1.00 bits per heavy atom. The minimum atomic E-state index is -0.556. The van der Waals surface area contributed by atoms with E-state index in [0.29, 0.717) is 11.2 Å². The van der Waals surface area contributed by atoms with Crippen LogP contribution in [0.2, 0.25) is 0 Å². The van der Waals surface area contributed by atoms with E-state index in [1.165, 1.54) is 0 Å². The van der Waals surface area contributed by atoms with Crippen LogP contribution in [0.1, 0.15) is 10.5 Å². The first kappa shape index (κ1) is 14.1. The smallest absolute Gasteiger partial charge is 0.269 e. The van der Waals surface area contributed by atoms with E-state index in [1.54, 1.807) is 11.3 Å². The number of nitrogens with zero attached hydrogens (tertiary/aromatic N) is 2. The van der Waals surface area contributed by atoms with Gasteiger partial charge in [-0.15, -0.1) is 11.3 Å². The molecule has 1 amide bonds. The molecular weight excluding hydrogens is 332 g/mol. The lowest BCUT2D eigenvalue weighted by atomic mass is 10.1. The molecular formula is C19H12N4OS. The van der Waals surface area contributed by atoms with Crippen LogP contribution >= 0.6 is 11.3 Å². The Bertz CT molecular complexity index is 1250. The molecule has 0 aliphatic rings. The van der Waals surface area contributed by atoms with Crippen molar-refractivity contribution >= 4 is 49.3 Å². The van der Waals surface area contributed by atoms with Gasteiger partial charge >= 0.3 is 0 Å². The number of para-hydroxylation sites is 2. The van der Waals surface area contributed by atoms with Gasteiger partial charge in [0.05, 0.1) is 15.7 Å². The van der Waals surface area contributed by atoms with Gasteiger partial charge < -0.3 is 10.7 Å². The molecule has 0 unspecified atom stereocenters. The molecule has 3 heterocycles. The number of nitrogens with two attached hydrogens (primary N) is 1. The summed E-state index contributed by atoms with van der Waals surface area (Å²) < 4.78 is 1.08. The number of thiazole rings is 1. The van der Waals surface area contributed by atoms with E-state index >= 15 is 0 Å². The third-order valence-corrected chi connectivity index (χ3v) is 5.30. The molecule has 6 heteroatoms. The Balaban J connectivity index is 1.86. The van der Waals surface area contributed by atoms with Crippen molar-refractivity contribution < 1.29 is 4.79 Å². The number of aromatic amines is 1. The lowest BCUT2D eigenvalue weighted by molar-refractivity contribution is 0.0997. The standard InChI is InChI=1S/C19H12N4OS/c20-18(24)17-16-11(10-5-1-2-6-12(10)21-16)9-14(22-17)19-23-13-7-3-4-8-15(13)25-19/h1-9,21H,(H2,20,24). The minimum absolute atomic E-state index is 0.239. The lowest BCUT2D eigenvalue weighted by Gasteiger charge is -2.02. The Morgan fingerprint density at radius 3 is 2.64 bits per heavy atom. The Hall–Kier alpha value is -3.25. The molecule has 0 aliphatic carbocycles. The maximum atomic E-state index is 12.0. The SMILES string of the molecule is NC(=O)c1nc(-c2nc3ccccc3s2)cc2c1[nH]c1ccccc12. The van der Waals surface area contributed by atoms with Crippen molar-refractivity contribution in [3.8, 4) is 10.7 Å². The lowest BCUT2D eigenvalue weighted by Crippen LogP contribution is -2.14. The van der Waals surface area contributed by atoms with Crippen LogP contribution in [0, 0.1) is 0 Å². The van der Waals surface area contributed by atoms with Crippen LogP contribution in [0.3, 0.4) is 0 Å². The van der Waals surface area contributed by atoms with E-state index in [1.807, 2.05) is 54.6 Å². The van der Waals surface area contributed by atoms with Gasteiger partial charge in [0.1, 0.15) is 10.7 Å². The first-order valence-electron chi connectivity index (χ1n) is 7.78. The maximum absolute atomic E-state index is 12.0. The molecule has 5 aromatic rings. The molecule has 25 heavy (non-hydrogen) atoms. The molecule has 3 aromatic heterocycles. The number of rotatable bonds is 2. The molecule has 3 N–H and O–H groups in total. The van der Waals surface area contributed by atoms with E-state index in [9.17, 15) is 4.79 Å². The second kappa shape index (κ2) is 5.12. The third kappa shape index (κ3) is 2.11. The quantitative estimate of drug-likeness (QED) is 0.506. The largest absolute Gasteiger partial charge is 0.364 e. The molecule has 0 radical (unpaired) electrons. The van der Waals surface area contributed by atoms with Crippen LogP contribution in [0.5, 0.6) is 0 Å². The summed E-state index contributed by atoms with van der Waals surface area (Å²) in [5.41, 5.74) is 9.02. The van der Waals surface area contributed by atoms with Crippen LogP contribution in [-0.2, 0) is 0 Å². The van der Waals surface area contributed by atoms with Crippen LogP contribution in [-0.4, -0.2) is 20.9 Å². The molecule has 0 saturated carbocycles. The van der Waals surface area contributed by atoms with Crippen molar-refractivity contribution in [2.45, 2.75) is 0 Å². The summed E-state index contributed by atoms with van der Waals surface area (Å²) in [5, 5.41) is 2.73. The molecule has 0 fully saturated rings. The Kier molecular flexibility index (Phi) is 2.89.